The molecule has 1 heterocycles. The molecule has 0 aliphatic rings. The maximum Gasteiger partial charge on any atom is 0.328 e. The topological polar surface area (TPSA) is 100 Å². The van der Waals surface area contributed by atoms with E-state index in [1.165, 1.54) is 6.26 Å². The summed E-state index contributed by atoms with van der Waals surface area (Å²) in [6.45, 7) is 0. The van der Waals surface area contributed by atoms with E-state index in [9.17, 15) is 13.2 Å². The minimum Gasteiger partial charge on any atom is -0.478 e. The number of rotatable bonds is 6. The molecule has 0 unspecified atom stereocenters. The van der Waals surface area contributed by atoms with Gasteiger partial charge in [-0.2, -0.15) is 0 Å². The van der Waals surface area contributed by atoms with Crippen LogP contribution >= 0.6 is 0 Å². The van der Waals surface area contributed by atoms with Crippen molar-refractivity contribution < 1.29 is 18.3 Å². The number of aromatic amines is 1. The van der Waals surface area contributed by atoms with E-state index in [-0.39, 0.29) is 0 Å². The Morgan fingerprint density at radius 2 is 1.68 bits per heavy atom. The van der Waals surface area contributed by atoms with Crippen molar-refractivity contribution in [3.63, 3.8) is 0 Å². The molecule has 1 aromatic heterocycles. The number of fused-ring (bicyclic) bond motifs is 1. The van der Waals surface area contributed by atoms with E-state index in [0.717, 1.165) is 45.2 Å². The first-order valence-electron chi connectivity index (χ1n) is 9.57. The number of hydrogen-bond acceptors (Lipinski definition) is 4. The van der Waals surface area contributed by atoms with Crippen molar-refractivity contribution in [2.75, 3.05) is 6.26 Å². The summed E-state index contributed by atoms with van der Waals surface area (Å²) < 4.78 is 23.3. The number of carboxylic acids is 1. The van der Waals surface area contributed by atoms with Crippen LogP contribution in [0.3, 0.4) is 0 Å². The number of H-pyrrole nitrogens is 1. The van der Waals surface area contributed by atoms with Crippen LogP contribution in [0.2, 0.25) is 0 Å². The van der Waals surface area contributed by atoms with Gasteiger partial charge in [0.15, 0.2) is 9.84 Å². The molecule has 0 spiro atoms. The maximum absolute atomic E-state index is 11.6. The second kappa shape index (κ2) is 8.20. The SMILES string of the molecule is CS(=O)(=O)c1ccc(-c2ccc3nc(Cc4ccc(C=CC(=O)O)cc4)[nH]c3c2)cc1. The molecule has 0 saturated carbocycles. The van der Waals surface area contributed by atoms with Gasteiger partial charge in [-0.3, -0.25) is 0 Å². The Balaban J connectivity index is 1.54. The van der Waals surface area contributed by atoms with Crippen molar-refractivity contribution in [3.05, 3.63) is 89.8 Å². The van der Waals surface area contributed by atoms with Crippen molar-refractivity contribution in [1.82, 2.24) is 9.97 Å². The summed E-state index contributed by atoms with van der Waals surface area (Å²) in [5.74, 6) is -0.148. The molecular formula is C24H20N2O4S. The highest BCUT2D eigenvalue weighted by Crippen LogP contribution is 2.25. The van der Waals surface area contributed by atoms with Crippen LogP contribution < -0.4 is 0 Å². The molecule has 0 amide bonds. The van der Waals surface area contributed by atoms with Crippen LogP contribution in [-0.2, 0) is 21.1 Å². The van der Waals surface area contributed by atoms with Crippen molar-refractivity contribution in [3.8, 4) is 11.1 Å². The predicted molar refractivity (Wildman–Crippen MR) is 121 cm³/mol. The first-order valence-corrected chi connectivity index (χ1v) is 11.5. The van der Waals surface area contributed by atoms with Gasteiger partial charge in [0.25, 0.3) is 0 Å². The molecular weight excluding hydrogens is 412 g/mol. The zero-order chi connectivity index (χ0) is 22.0. The number of benzene rings is 3. The highest BCUT2D eigenvalue weighted by atomic mass is 32.2. The van der Waals surface area contributed by atoms with Gasteiger partial charge in [0.2, 0.25) is 0 Å². The fourth-order valence-corrected chi connectivity index (χ4v) is 3.96. The lowest BCUT2D eigenvalue weighted by atomic mass is 10.1. The summed E-state index contributed by atoms with van der Waals surface area (Å²) >= 11 is 0. The molecule has 0 aliphatic carbocycles. The van der Waals surface area contributed by atoms with Gasteiger partial charge in [0.05, 0.1) is 15.9 Å². The van der Waals surface area contributed by atoms with Gasteiger partial charge >= 0.3 is 5.97 Å². The van der Waals surface area contributed by atoms with Crippen molar-refractivity contribution >= 4 is 32.9 Å². The molecule has 31 heavy (non-hydrogen) atoms. The molecule has 0 radical (unpaired) electrons. The third-order valence-corrected chi connectivity index (χ3v) is 6.04. The highest BCUT2D eigenvalue weighted by Gasteiger charge is 2.09. The van der Waals surface area contributed by atoms with Crippen LogP contribution in [0.1, 0.15) is 17.0 Å². The average Bonchev–Trinajstić information content (AvgIpc) is 3.14. The Labute approximate surface area is 179 Å². The van der Waals surface area contributed by atoms with Crippen LogP contribution in [0.25, 0.3) is 28.2 Å². The summed E-state index contributed by atoms with van der Waals surface area (Å²) in [5, 5.41) is 8.71. The zero-order valence-corrected chi connectivity index (χ0v) is 17.6. The molecule has 0 bridgehead atoms. The second-order valence-electron chi connectivity index (χ2n) is 7.30. The van der Waals surface area contributed by atoms with Crippen LogP contribution in [0.4, 0.5) is 0 Å². The molecule has 4 rings (SSSR count). The Morgan fingerprint density at radius 3 is 2.32 bits per heavy atom. The fourth-order valence-electron chi connectivity index (χ4n) is 3.33. The lowest BCUT2D eigenvalue weighted by molar-refractivity contribution is -0.131. The van der Waals surface area contributed by atoms with Gasteiger partial charge in [0, 0.05) is 18.8 Å². The third kappa shape index (κ3) is 4.90. The molecule has 3 aromatic carbocycles. The summed E-state index contributed by atoms with van der Waals surface area (Å²) in [6, 6.07) is 20.4. The largest absolute Gasteiger partial charge is 0.478 e. The van der Waals surface area contributed by atoms with Gasteiger partial charge in [-0.1, -0.05) is 42.5 Å². The van der Waals surface area contributed by atoms with Crippen molar-refractivity contribution in [1.29, 1.82) is 0 Å². The Kier molecular flexibility index (Phi) is 5.44. The molecule has 0 atom stereocenters. The van der Waals surface area contributed by atoms with Crippen molar-refractivity contribution in [2.45, 2.75) is 11.3 Å². The molecule has 0 aliphatic heterocycles. The smallest absolute Gasteiger partial charge is 0.328 e. The Morgan fingerprint density at radius 1 is 1.00 bits per heavy atom. The normalized spacial score (nSPS) is 11.9. The second-order valence-corrected chi connectivity index (χ2v) is 9.32. The molecule has 0 fully saturated rings. The van der Waals surface area contributed by atoms with Crippen LogP contribution in [0, 0.1) is 0 Å². The van der Waals surface area contributed by atoms with Gasteiger partial charge in [-0.05, 0) is 52.6 Å². The third-order valence-electron chi connectivity index (χ3n) is 4.92. The standard InChI is InChI=1S/C24H20N2O4S/c1-31(29,30)20-10-7-18(8-11-20)19-9-12-21-22(15-19)26-23(25-21)14-17-4-2-16(3-5-17)6-13-24(27)28/h2-13,15H,14H2,1H3,(H,25,26)(H,27,28). The maximum atomic E-state index is 11.6. The average molecular weight is 433 g/mol. The van der Waals surface area contributed by atoms with E-state index in [1.807, 2.05) is 42.5 Å². The van der Waals surface area contributed by atoms with E-state index in [0.29, 0.717) is 11.3 Å². The number of carbonyl (C=O) groups is 1. The number of hydrogen-bond donors (Lipinski definition) is 2. The van der Waals surface area contributed by atoms with Crippen LogP contribution in [0.5, 0.6) is 0 Å². The molecule has 7 heteroatoms. The number of carboxylic acid groups (broad SMARTS) is 1. The van der Waals surface area contributed by atoms with E-state index < -0.39 is 15.8 Å². The number of aromatic nitrogens is 2. The number of nitrogens with one attached hydrogen (secondary N) is 1. The van der Waals surface area contributed by atoms with E-state index in [4.69, 9.17) is 5.11 Å². The molecule has 156 valence electrons. The van der Waals surface area contributed by atoms with Gasteiger partial charge in [0.1, 0.15) is 5.82 Å². The summed E-state index contributed by atoms with van der Waals surface area (Å²) in [6.07, 6.45) is 4.48. The minimum absolute atomic E-state index is 0.297. The highest BCUT2D eigenvalue weighted by molar-refractivity contribution is 7.90. The summed E-state index contributed by atoms with van der Waals surface area (Å²) in [5.41, 5.74) is 5.53. The van der Waals surface area contributed by atoms with Crippen LogP contribution in [0.15, 0.2) is 77.7 Å². The lowest BCUT2D eigenvalue weighted by Gasteiger charge is -2.03. The predicted octanol–water partition coefficient (Wildman–Crippen LogP) is 4.32. The van der Waals surface area contributed by atoms with Gasteiger partial charge in [-0.15, -0.1) is 0 Å². The van der Waals surface area contributed by atoms with Crippen molar-refractivity contribution in [2.24, 2.45) is 0 Å². The van der Waals surface area contributed by atoms with E-state index in [2.05, 4.69) is 9.97 Å². The quantitative estimate of drug-likeness (QED) is 0.442. The number of sulfone groups is 1. The van der Waals surface area contributed by atoms with E-state index in [1.54, 1.807) is 30.3 Å². The summed E-state index contributed by atoms with van der Waals surface area (Å²) in [4.78, 5) is 18.9. The molecule has 2 N–H and O–H groups in total. The monoisotopic (exact) mass is 432 g/mol. The van der Waals surface area contributed by atoms with Crippen LogP contribution in [-0.4, -0.2) is 35.7 Å². The molecule has 4 aromatic rings. The summed E-state index contributed by atoms with van der Waals surface area (Å²) in [7, 11) is -3.22. The molecule has 0 saturated heterocycles. The molecule has 6 nitrogen and oxygen atoms in total. The first-order chi connectivity index (χ1) is 14.8. The zero-order valence-electron chi connectivity index (χ0n) is 16.7. The number of aliphatic carboxylic acids is 1. The lowest BCUT2D eigenvalue weighted by Crippen LogP contribution is -1.96. The fraction of sp³-hybridized carbons (Fsp3) is 0.0833. The minimum atomic E-state index is -3.22. The number of imidazole rings is 1. The Hall–Kier alpha value is -3.71. The van der Waals surface area contributed by atoms with E-state index >= 15 is 0 Å². The Bertz CT molecular complexity index is 1380. The van der Waals surface area contributed by atoms with Gasteiger partial charge < -0.3 is 10.1 Å². The number of nitrogens with zero attached hydrogens (tertiary/aromatic N) is 1. The first kappa shape index (κ1) is 20.6. The van der Waals surface area contributed by atoms with Gasteiger partial charge in [-0.25, -0.2) is 18.2 Å².